The summed E-state index contributed by atoms with van der Waals surface area (Å²) in [7, 11) is 0. The predicted molar refractivity (Wildman–Crippen MR) is 130 cm³/mol. The Morgan fingerprint density at radius 3 is 2.70 bits per heavy atom. The zero-order chi connectivity index (χ0) is 22.6. The van der Waals surface area contributed by atoms with Gasteiger partial charge in [-0.05, 0) is 47.9 Å². The van der Waals surface area contributed by atoms with Gasteiger partial charge < -0.3 is 16.4 Å². The molecule has 1 aliphatic carbocycles. The molecule has 10 heteroatoms. The number of piperidine rings is 1. The molecule has 1 atom stereocenters. The maximum atomic E-state index is 6.73. The van der Waals surface area contributed by atoms with E-state index >= 15 is 0 Å². The van der Waals surface area contributed by atoms with Gasteiger partial charge in [-0.1, -0.05) is 23.4 Å². The van der Waals surface area contributed by atoms with E-state index < -0.39 is 0 Å². The Bertz CT molecular complexity index is 1350. The van der Waals surface area contributed by atoms with E-state index in [1.165, 1.54) is 22.9 Å². The SMILES string of the molecule is Nc1nccc(Sc2cnc(N3CCC4(CC3)Cc3cnccc3[C@H]4N)n3ccnc23)c1Cl. The number of imidazole rings is 1. The molecular formula is C23H23ClN8S. The normalized spacial score (nSPS) is 19.3. The van der Waals surface area contributed by atoms with Gasteiger partial charge in [0.05, 0.1) is 9.92 Å². The Morgan fingerprint density at radius 1 is 1.03 bits per heavy atom. The molecule has 0 saturated carbocycles. The molecule has 5 heterocycles. The monoisotopic (exact) mass is 478 g/mol. The molecule has 0 radical (unpaired) electrons. The van der Waals surface area contributed by atoms with E-state index in [1.807, 2.05) is 35.3 Å². The van der Waals surface area contributed by atoms with Crippen molar-refractivity contribution in [2.24, 2.45) is 11.1 Å². The molecule has 4 aromatic rings. The number of halogens is 1. The molecule has 6 rings (SSSR count). The van der Waals surface area contributed by atoms with Crippen LogP contribution in [0.25, 0.3) is 5.65 Å². The van der Waals surface area contributed by atoms with Gasteiger partial charge in [0, 0.05) is 61.2 Å². The second-order valence-corrected chi connectivity index (χ2v) is 10.2. The van der Waals surface area contributed by atoms with E-state index in [2.05, 4.69) is 25.9 Å². The van der Waals surface area contributed by atoms with Crippen LogP contribution in [0, 0.1) is 5.41 Å². The van der Waals surface area contributed by atoms with Gasteiger partial charge in [-0.15, -0.1) is 0 Å². The molecule has 0 unspecified atom stereocenters. The Hall–Kier alpha value is -2.88. The molecule has 2 aliphatic rings. The first-order valence-corrected chi connectivity index (χ1v) is 12.1. The van der Waals surface area contributed by atoms with Crippen LogP contribution in [0.4, 0.5) is 11.8 Å². The quantitative estimate of drug-likeness (QED) is 0.458. The van der Waals surface area contributed by atoms with Gasteiger partial charge in [-0.3, -0.25) is 9.38 Å². The molecule has 1 fully saturated rings. The van der Waals surface area contributed by atoms with Crippen LogP contribution >= 0.6 is 23.4 Å². The lowest BCUT2D eigenvalue weighted by molar-refractivity contribution is 0.186. The molecule has 4 N–H and O–H groups in total. The number of pyridine rings is 2. The smallest absolute Gasteiger partial charge is 0.211 e. The topological polar surface area (TPSA) is 111 Å². The van der Waals surface area contributed by atoms with Crippen molar-refractivity contribution in [1.29, 1.82) is 0 Å². The van der Waals surface area contributed by atoms with Crippen LogP contribution in [0.5, 0.6) is 0 Å². The first-order valence-electron chi connectivity index (χ1n) is 10.9. The van der Waals surface area contributed by atoms with Crippen LogP contribution in [-0.2, 0) is 6.42 Å². The molecule has 1 aliphatic heterocycles. The number of aromatic nitrogens is 5. The second kappa shape index (κ2) is 7.86. The summed E-state index contributed by atoms with van der Waals surface area (Å²) in [5.74, 6) is 1.21. The predicted octanol–water partition coefficient (Wildman–Crippen LogP) is 3.75. The third kappa shape index (κ3) is 3.34. The van der Waals surface area contributed by atoms with Gasteiger partial charge in [-0.25, -0.2) is 15.0 Å². The summed E-state index contributed by atoms with van der Waals surface area (Å²) in [6.07, 6.45) is 14.1. The summed E-state index contributed by atoms with van der Waals surface area (Å²) in [5.41, 5.74) is 16.1. The molecule has 168 valence electrons. The summed E-state index contributed by atoms with van der Waals surface area (Å²) in [6.45, 7) is 1.79. The van der Waals surface area contributed by atoms with Crippen molar-refractivity contribution in [1.82, 2.24) is 24.3 Å². The largest absolute Gasteiger partial charge is 0.382 e. The first-order chi connectivity index (χ1) is 16.1. The van der Waals surface area contributed by atoms with E-state index in [4.69, 9.17) is 28.1 Å². The lowest BCUT2D eigenvalue weighted by atomic mass is 9.73. The minimum absolute atomic E-state index is 0.0650. The Kier molecular flexibility index (Phi) is 4.93. The number of anilines is 2. The highest BCUT2D eigenvalue weighted by molar-refractivity contribution is 7.99. The fraction of sp³-hybridized carbons (Fsp3) is 0.304. The van der Waals surface area contributed by atoms with Gasteiger partial charge in [0.25, 0.3) is 0 Å². The van der Waals surface area contributed by atoms with Gasteiger partial charge in [0.2, 0.25) is 5.95 Å². The Morgan fingerprint density at radius 2 is 1.88 bits per heavy atom. The summed E-state index contributed by atoms with van der Waals surface area (Å²) in [6, 6.07) is 3.99. The van der Waals surface area contributed by atoms with E-state index in [0.29, 0.717) is 10.8 Å². The zero-order valence-electron chi connectivity index (χ0n) is 17.9. The fourth-order valence-electron chi connectivity index (χ4n) is 5.18. The highest BCUT2D eigenvalue weighted by Crippen LogP contribution is 2.50. The van der Waals surface area contributed by atoms with Crippen molar-refractivity contribution in [2.45, 2.75) is 35.1 Å². The highest BCUT2D eigenvalue weighted by Gasteiger charge is 2.46. The van der Waals surface area contributed by atoms with Crippen LogP contribution in [0.3, 0.4) is 0 Å². The molecule has 8 nitrogen and oxygen atoms in total. The lowest BCUT2D eigenvalue weighted by Crippen LogP contribution is -2.45. The molecule has 1 spiro atoms. The number of nitrogens with two attached hydrogens (primary N) is 2. The number of nitrogens with zero attached hydrogens (tertiary/aromatic N) is 6. The summed E-state index contributed by atoms with van der Waals surface area (Å²) >= 11 is 7.84. The number of nitrogen functional groups attached to an aromatic ring is 1. The lowest BCUT2D eigenvalue weighted by Gasteiger charge is -2.42. The molecular weight excluding hydrogens is 456 g/mol. The van der Waals surface area contributed by atoms with Gasteiger partial charge in [-0.2, -0.15) is 0 Å². The Labute approximate surface area is 200 Å². The van der Waals surface area contributed by atoms with Gasteiger partial charge in [0.1, 0.15) is 5.82 Å². The van der Waals surface area contributed by atoms with Crippen LogP contribution in [-0.4, -0.2) is 37.4 Å². The third-order valence-electron chi connectivity index (χ3n) is 7.00. The van der Waals surface area contributed by atoms with E-state index in [-0.39, 0.29) is 11.5 Å². The summed E-state index contributed by atoms with van der Waals surface area (Å²) in [4.78, 5) is 21.8. The second-order valence-electron chi connectivity index (χ2n) is 8.73. The fourth-order valence-corrected chi connectivity index (χ4v) is 6.31. The van der Waals surface area contributed by atoms with Gasteiger partial charge >= 0.3 is 0 Å². The van der Waals surface area contributed by atoms with Crippen molar-refractivity contribution in [3.63, 3.8) is 0 Å². The molecule has 0 amide bonds. The molecule has 0 bridgehead atoms. The van der Waals surface area contributed by atoms with Crippen LogP contribution in [0.15, 0.2) is 59.1 Å². The van der Waals surface area contributed by atoms with E-state index in [9.17, 15) is 0 Å². The van der Waals surface area contributed by atoms with Crippen molar-refractivity contribution < 1.29 is 0 Å². The first kappa shape index (κ1) is 20.7. The van der Waals surface area contributed by atoms with E-state index in [0.717, 1.165) is 53.7 Å². The van der Waals surface area contributed by atoms with Crippen molar-refractivity contribution in [2.75, 3.05) is 23.7 Å². The van der Waals surface area contributed by atoms with Crippen LogP contribution < -0.4 is 16.4 Å². The maximum Gasteiger partial charge on any atom is 0.211 e. The minimum atomic E-state index is 0.0650. The summed E-state index contributed by atoms with van der Waals surface area (Å²) in [5, 5.41) is 0.446. The number of fused-ring (bicyclic) bond motifs is 2. The number of hydrogen-bond donors (Lipinski definition) is 2. The average molecular weight is 479 g/mol. The van der Waals surface area contributed by atoms with Crippen LogP contribution in [0.2, 0.25) is 5.02 Å². The Balaban J connectivity index is 1.25. The van der Waals surface area contributed by atoms with Crippen molar-refractivity contribution in [3.8, 4) is 0 Å². The van der Waals surface area contributed by atoms with Crippen molar-refractivity contribution in [3.05, 3.63) is 65.5 Å². The van der Waals surface area contributed by atoms with Crippen LogP contribution in [0.1, 0.15) is 30.0 Å². The molecule has 1 saturated heterocycles. The average Bonchev–Trinajstić information content (AvgIpc) is 3.42. The zero-order valence-corrected chi connectivity index (χ0v) is 19.4. The van der Waals surface area contributed by atoms with Crippen molar-refractivity contribution >= 4 is 40.8 Å². The maximum absolute atomic E-state index is 6.73. The van der Waals surface area contributed by atoms with E-state index in [1.54, 1.807) is 12.4 Å². The molecule has 33 heavy (non-hydrogen) atoms. The standard InChI is InChI=1S/C23H23ClN8S/c24-18-16(2-6-28-20(18)26)33-17-13-30-22(32-10-7-29-21(17)32)31-8-3-23(4-9-31)11-14-12-27-5-1-15(14)19(23)25/h1-2,5-7,10,12-13,19H,3-4,8-9,11,25H2,(H2,26,28)/t19-/m1/s1. The highest BCUT2D eigenvalue weighted by atomic mass is 35.5. The summed E-state index contributed by atoms with van der Waals surface area (Å²) < 4.78 is 2.05. The molecule has 0 aromatic carbocycles. The number of hydrogen-bond acceptors (Lipinski definition) is 8. The number of rotatable bonds is 3. The molecule has 4 aromatic heterocycles. The van der Waals surface area contributed by atoms with Gasteiger partial charge in [0.15, 0.2) is 5.65 Å². The third-order valence-corrected chi connectivity index (χ3v) is 8.57. The minimum Gasteiger partial charge on any atom is -0.382 e.